The summed E-state index contributed by atoms with van der Waals surface area (Å²) in [6.07, 6.45) is -5.35. The molecule has 0 spiro atoms. The second-order valence-electron chi connectivity index (χ2n) is 3.12. The molecule has 0 aromatic heterocycles. The van der Waals surface area contributed by atoms with Gasteiger partial charge in [0.25, 0.3) is 0 Å². The SMILES string of the molecule is OCC(O)C(O)CCOC(O)C(O)CO. The Morgan fingerprint density at radius 3 is 1.80 bits per heavy atom. The fourth-order valence-corrected chi connectivity index (χ4v) is 0.825. The minimum Gasteiger partial charge on any atom is -0.394 e. The van der Waals surface area contributed by atoms with Crippen molar-refractivity contribution in [1.82, 2.24) is 0 Å². The Morgan fingerprint density at radius 1 is 0.800 bits per heavy atom. The molecular formula is C8H18O7. The van der Waals surface area contributed by atoms with Crippen molar-refractivity contribution in [2.24, 2.45) is 0 Å². The fourth-order valence-electron chi connectivity index (χ4n) is 0.825. The average Bonchev–Trinajstić information content (AvgIpc) is 2.26. The Balaban J connectivity index is 3.60. The molecule has 0 radical (unpaired) electrons. The van der Waals surface area contributed by atoms with Gasteiger partial charge >= 0.3 is 0 Å². The highest BCUT2D eigenvalue weighted by Crippen LogP contribution is 2.02. The minimum atomic E-state index is -1.53. The normalized spacial score (nSPS) is 19.6. The van der Waals surface area contributed by atoms with Crippen LogP contribution in [-0.2, 0) is 4.74 Å². The number of aliphatic hydroxyl groups is 6. The Morgan fingerprint density at radius 2 is 1.33 bits per heavy atom. The van der Waals surface area contributed by atoms with Gasteiger partial charge in [0.05, 0.1) is 25.9 Å². The van der Waals surface area contributed by atoms with Crippen LogP contribution >= 0.6 is 0 Å². The summed E-state index contributed by atoms with van der Waals surface area (Å²) in [4.78, 5) is 0. The summed E-state index contributed by atoms with van der Waals surface area (Å²) in [6, 6.07) is 0. The zero-order valence-corrected chi connectivity index (χ0v) is 8.23. The topological polar surface area (TPSA) is 131 Å². The molecule has 0 aromatic carbocycles. The largest absolute Gasteiger partial charge is 0.394 e. The van der Waals surface area contributed by atoms with E-state index in [4.69, 9.17) is 30.6 Å². The summed E-state index contributed by atoms with van der Waals surface area (Å²) < 4.78 is 4.65. The number of hydrogen-bond acceptors (Lipinski definition) is 7. The molecule has 0 rings (SSSR count). The van der Waals surface area contributed by atoms with Gasteiger partial charge in [-0.15, -0.1) is 0 Å². The summed E-state index contributed by atoms with van der Waals surface area (Å²) in [7, 11) is 0. The van der Waals surface area contributed by atoms with Crippen molar-refractivity contribution in [3.05, 3.63) is 0 Å². The Bertz CT molecular complexity index is 138. The maximum Gasteiger partial charge on any atom is 0.183 e. The molecule has 6 N–H and O–H groups in total. The molecule has 0 aliphatic heterocycles. The smallest absolute Gasteiger partial charge is 0.183 e. The third-order valence-electron chi connectivity index (χ3n) is 1.85. The summed E-state index contributed by atoms with van der Waals surface area (Å²) in [5, 5.41) is 52.8. The molecule has 0 amide bonds. The van der Waals surface area contributed by atoms with E-state index in [9.17, 15) is 0 Å². The van der Waals surface area contributed by atoms with Crippen LogP contribution in [0, 0.1) is 0 Å². The van der Waals surface area contributed by atoms with Gasteiger partial charge in [-0.05, 0) is 6.42 Å². The summed E-state index contributed by atoms with van der Waals surface area (Å²) in [5.41, 5.74) is 0. The predicted octanol–water partition coefficient (Wildman–Crippen LogP) is -3.22. The van der Waals surface area contributed by atoms with Crippen molar-refractivity contribution >= 4 is 0 Å². The highest BCUT2D eigenvalue weighted by molar-refractivity contribution is 4.65. The monoisotopic (exact) mass is 226 g/mol. The van der Waals surface area contributed by atoms with Crippen molar-refractivity contribution in [3.63, 3.8) is 0 Å². The molecule has 4 unspecified atom stereocenters. The molecular weight excluding hydrogens is 208 g/mol. The van der Waals surface area contributed by atoms with Crippen LogP contribution in [0.15, 0.2) is 0 Å². The molecule has 0 aliphatic rings. The lowest BCUT2D eigenvalue weighted by Gasteiger charge is -2.19. The minimum absolute atomic E-state index is 0.00304. The van der Waals surface area contributed by atoms with Gasteiger partial charge in [-0.2, -0.15) is 0 Å². The van der Waals surface area contributed by atoms with Gasteiger partial charge in [0, 0.05) is 0 Å². The third-order valence-corrected chi connectivity index (χ3v) is 1.85. The number of hydrogen-bond donors (Lipinski definition) is 6. The van der Waals surface area contributed by atoms with E-state index >= 15 is 0 Å². The van der Waals surface area contributed by atoms with E-state index in [1.165, 1.54) is 0 Å². The van der Waals surface area contributed by atoms with E-state index in [0.29, 0.717) is 0 Å². The number of aliphatic hydroxyl groups excluding tert-OH is 6. The fraction of sp³-hybridized carbons (Fsp3) is 1.00. The van der Waals surface area contributed by atoms with Gasteiger partial charge < -0.3 is 35.4 Å². The molecule has 0 fully saturated rings. The van der Waals surface area contributed by atoms with Crippen LogP contribution < -0.4 is 0 Å². The maximum absolute atomic E-state index is 9.14. The lowest BCUT2D eigenvalue weighted by atomic mass is 10.1. The third kappa shape index (κ3) is 6.00. The molecule has 0 saturated carbocycles. The van der Waals surface area contributed by atoms with Crippen molar-refractivity contribution in [2.45, 2.75) is 31.0 Å². The van der Waals surface area contributed by atoms with Crippen molar-refractivity contribution in [2.75, 3.05) is 19.8 Å². The van der Waals surface area contributed by atoms with Gasteiger partial charge in [0.15, 0.2) is 6.29 Å². The molecule has 0 aromatic rings. The van der Waals surface area contributed by atoms with Gasteiger partial charge in [0.1, 0.15) is 12.2 Å². The first kappa shape index (κ1) is 14.7. The quantitative estimate of drug-likeness (QED) is 0.240. The molecule has 0 heterocycles. The zero-order chi connectivity index (χ0) is 11.8. The second-order valence-corrected chi connectivity index (χ2v) is 3.12. The standard InChI is InChI=1S/C8H18O7/c9-3-6(12)5(11)1-2-15-8(14)7(13)4-10/h5-14H,1-4H2. The Hall–Kier alpha value is -0.280. The van der Waals surface area contributed by atoms with E-state index in [-0.39, 0.29) is 13.0 Å². The van der Waals surface area contributed by atoms with Gasteiger partial charge in [-0.3, -0.25) is 0 Å². The number of ether oxygens (including phenoxy) is 1. The van der Waals surface area contributed by atoms with Crippen LogP contribution in [0.2, 0.25) is 0 Å². The first-order valence-electron chi connectivity index (χ1n) is 4.58. The molecule has 0 aliphatic carbocycles. The molecule has 15 heavy (non-hydrogen) atoms. The maximum atomic E-state index is 9.14. The van der Waals surface area contributed by atoms with E-state index in [1.807, 2.05) is 0 Å². The van der Waals surface area contributed by atoms with Crippen LogP contribution in [0.5, 0.6) is 0 Å². The van der Waals surface area contributed by atoms with Crippen molar-refractivity contribution < 1.29 is 35.4 Å². The van der Waals surface area contributed by atoms with Crippen LogP contribution in [-0.4, -0.2) is 75.1 Å². The average molecular weight is 226 g/mol. The molecule has 0 bridgehead atoms. The zero-order valence-electron chi connectivity index (χ0n) is 8.23. The highest BCUT2D eigenvalue weighted by atomic mass is 16.6. The number of rotatable bonds is 8. The van der Waals surface area contributed by atoms with Gasteiger partial charge in [-0.25, -0.2) is 0 Å². The van der Waals surface area contributed by atoms with Crippen molar-refractivity contribution in [1.29, 1.82) is 0 Å². The molecule has 92 valence electrons. The van der Waals surface area contributed by atoms with Crippen molar-refractivity contribution in [3.8, 4) is 0 Å². The van der Waals surface area contributed by atoms with E-state index in [0.717, 1.165) is 0 Å². The lowest BCUT2D eigenvalue weighted by molar-refractivity contribution is -0.175. The van der Waals surface area contributed by atoms with E-state index < -0.39 is 37.8 Å². The van der Waals surface area contributed by atoms with Crippen LogP contribution in [0.3, 0.4) is 0 Å². The second kappa shape index (κ2) is 7.94. The van der Waals surface area contributed by atoms with Crippen LogP contribution in [0.4, 0.5) is 0 Å². The molecule has 4 atom stereocenters. The highest BCUT2D eigenvalue weighted by Gasteiger charge is 2.18. The summed E-state index contributed by atoms with van der Waals surface area (Å²) in [6.45, 7) is -1.32. The Labute approximate surface area is 87.2 Å². The van der Waals surface area contributed by atoms with E-state index in [2.05, 4.69) is 4.74 Å². The molecule has 0 saturated heterocycles. The van der Waals surface area contributed by atoms with Gasteiger partial charge in [0.2, 0.25) is 0 Å². The summed E-state index contributed by atoms with van der Waals surface area (Å²) >= 11 is 0. The van der Waals surface area contributed by atoms with Crippen LogP contribution in [0.1, 0.15) is 6.42 Å². The predicted molar refractivity (Wildman–Crippen MR) is 48.8 cm³/mol. The first-order valence-corrected chi connectivity index (χ1v) is 4.58. The summed E-state index contributed by atoms with van der Waals surface area (Å²) in [5.74, 6) is 0. The van der Waals surface area contributed by atoms with Gasteiger partial charge in [-0.1, -0.05) is 0 Å². The first-order chi connectivity index (χ1) is 7.02. The van der Waals surface area contributed by atoms with E-state index in [1.54, 1.807) is 0 Å². The molecule has 7 heteroatoms. The van der Waals surface area contributed by atoms with Crippen LogP contribution in [0.25, 0.3) is 0 Å². The Kier molecular flexibility index (Phi) is 7.79. The lowest BCUT2D eigenvalue weighted by Crippen LogP contribution is -2.34. The molecule has 7 nitrogen and oxygen atoms in total.